The lowest BCUT2D eigenvalue weighted by Gasteiger charge is -2.21. The van der Waals surface area contributed by atoms with E-state index in [4.69, 9.17) is 10.8 Å². The maximum Gasteiger partial charge on any atom is 0.348 e. The van der Waals surface area contributed by atoms with Gasteiger partial charge in [0.1, 0.15) is 4.88 Å². The molecule has 14 heavy (non-hydrogen) atoms. The summed E-state index contributed by atoms with van der Waals surface area (Å²) in [6.07, 6.45) is 0. The minimum absolute atomic E-state index is 0.215. The van der Waals surface area contributed by atoms with Crippen LogP contribution in [0.25, 0.3) is 0 Å². The zero-order valence-electron chi connectivity index (χ0n) is 8.11. The highest BCUT2D eigenvalue weighted by Crippen LogP contribution is 2.26. The first-order valence-electron chi connectivity index (χ1n) is 4.09. The Bertz CT molecular complexity index is 333. The summed E-state index contributed by atoms with van der Waals surface area (Å²) in [7, 11) is 1.32. The topological polar surface area (TPSA) is 72.5 Å². The van der Waals surface area contributed by atoms with Crippen molar-refractivity contribution >= 4 is 17.3 Å². The summed E-state index contributed by atoms with van der Waals surface area (Å²) in [5.41, 5.74) is 5.55. The fourth-order valence-corrected chi connectivity index (χ4v) is 2.04. The fraction of sp³-hybridized carbons (Fsp3) is 0.444. The smallest absolute Gasteiger partial charge is 0.348 e. The van der Waals surface area contributed by atoms with E-state index < -0.39 is 11.5 Å². The molecule has 0 aromatic carbocycles. The lowest BCUT2D eigenvalue weighted by atomic mass is 9.95. The first-order chi connectivity index (χ1) is 6.53. The number of thiophene rings is 1. The molecule has 0 spiro atoms. The van der Waals surface area contributed by atoms with Gasteiger partial charge in [-0.2, -0.15) is 0 Å². The highest BCUT2D eigenvalue weighted by Gasteiger charge is 2.27. The van der Waals surface area contributed by atoms with Gasteiger partial charge in [-0.3, -0.25) is 0 Å². The summed E-state index contributed by atoms with van der Waals surface area (Å²) in [6, 6.07) is 1.73. The van der Waals surface area contributed by atoms with E-state index in [1.165, 1.54) is 18.4 Å². The number of hydrogen-bond donors (Lipinski definition) is 2. The predicted molar refractivity (Wildman–Crippen MR) is 54.3 cm³/mol. The molecule has 1 aromatic heterocycles. The summed E-state index contributed by atoms with van der Waals surface area (Å²) in [4.78, 5) is 11.8. The van der Waals surface area contributed by atoms with Crippen LogP contribution in [0.4, 0.5) is 0 Å². The molecule has 0 amide bonds. The number of aliphatic hydroxyl groups is 1. The molecular weight excluding hydrogens is 202 g/mol. The van der Waals surface area contributed by atoms with Crippen LogP contribution < -0.4 is 5.73 Å². The van der Waals surface area contributed by atoms with Crippen molar-refractivity contribution in [2.45, 2.75) is 12.5 Å². The molecule has 1 heterocycles. The number of rotatable bonds is 3. The molecular formula is C9H13NO3S. The van der Waals surface area contributed by atoms with Crippen LogP contribution in [-0.4, -0.2) is 24.8 Å². The van der Waals surface area contributed by atoms with Crippen molar-refractivity contribution in [3.8, 4) is 0 Å². The first-order valence-corrected chi connectivity index (χ1v) is 4.97. The molecule has 0 aliphatic carbocycles. The Balaban J connectivity index is 3.10. The van der Waals surface area contributed by atoms with E-state index in [-0.39, 0.29) is 6.61 Å². The highest BCUT2D eigenvalue weighted by atomic mass is 32.1. The third-order valence-corrected chi connectivity index (χ3v) is 2.87. The summed E-state index contributed by atoms with van der Waals surface area (Å²) in [6.45, 7) is 1.45. The SMILES string of the molecule is COC(=O)c1sccc1C(C)(N)CO. The van der Waals surface area contributed by atoms with Crippen LogP contribution in [0.1, 0.15) is 22.2 Å². The number of nitrogens with two attached hydrogens (primary N) is 1. The molecule has 1 unspecified atom stereocenters. The Hall–Kier alpha value is -0.910. The van der Waals surface area contributed by atoms with Gasteiger partial charge < -0.3 is 15.6 Å². The van der Waals surface area contributed by atoms with Gasteiger partial charge in [-0.15, -0.1) is 11.3 Å². The van der Waals surface area contributed by atoms with Crippen LogP contribution in [0.5, 0.6) is 0 Å². The average Bonchev–Trinajstić information content (AvgIpc) is 2.65. The van der Waals surface area contributed by atoms with E-state index in [9.17, 15) is 4.79 Å². The van der Waals surface area contributed by atoms with Crippen molar-refractivity contribution in [1.82, 2.24) is 0 Å². The van der Waals surface area contributed by atoms with Crippen molar-refractivity contribution in [2.75, 3.05) is 13.7 Å². The highest BCUT2D eigenvalue weighted by molar-refractivity contribution is 7.12. The molecule has 5 heteroatoms. The molecule has 0 bridgehead atoms. The van der Waals surface area contributed by atoms with Gasteiger partial charge in [-0.25, -0.2) is 4.79 Å². The minimum Gasteiger partial charge on any atom is -0.465 e. The van der Waals surface area contributed by atoms with E-state index in [0.717, 1.165) is 0 Å². The first kappa shape index (κ1) is 11.2. The van der Waals surface area contributed by atoms with Crippen LogP contribution in [-0.2, 0) is 10.3 Å². The lowest BCUT2D eigenvalue weighted by molar-refractivity contribution is 0.0602. The van der Waals surface area contributed by atoms with Gasteiger partial charge in [0.25, 0.3) is 0 Å². The van der Waals surface area contributed by atoms with Crippen LogP contribution in [0, 0.1) is 0 Å². The fourth-order valence-electron chi connectivity index (χ4n) is 1.09. The molecule has 1 atom stereocenters. The molecule has 3 N–H and O–H groups in total. The molecule has 0 aliphatic heterocycles. The number of carbonyl (C=O) groups excluding carboxylic acids is 1. The van der Waals surface area contributed by atoms with Gasteiger partial charge in [0, 0.05) is 0 Å². The average molecular weight is 215 g/mol. The molecule has 0 radical (unpaired) electrons. The van der Waals surface area contributed by atoms with Crippen molar-refractivity contribution < 1.29 is 14.6 Å². The second kappa shape index (κ2) is 4.08. The van der Waals surface area contributed by atoms with Crippen LogP contribution >= 0.6 is 11.3 Å². The van der Waals surface area contributed by atoms with Gasteiger partial charge in [0.05, 0.1) is 19.3 Å². The monoisotopic (exact) mass is 215 g/mol. The van der Waals surface area contributed by atoms with Crippen molar-refractivity contribution in [2.24, 2.45) is 5.73 Å². The van der Waals surface area contributed by atoms with Gasteiger partial charge >= 0.3 is 5.97 Å². The minimum atomic E-state index is -0.899. The maximum atomic E-state index is 11.3. The van der Waals surface area contributed by atoms with Crippen LogP contribution in [0.15, 0.2) is 11.4 Å². The molecule has 0 aliphatic rings. The molecule has 1 aromatic rings. The summed E-state index contributed by atoms with van der Waals surface area (Å²) in [5, 5.41) is 10.8. The molecule has 78 valence electrons. The maximum absolute atomic E-state index is 11.3. The lowest BCUT2D eigenvalue weighted by Crippen LogP contribution is -2.37. The zero-order chi connectivity index (χ0) is 10.8. The quantitative estimate of drug-likeness (QED) is 0.728. The Morgan fingerprint density at radius 2 is 2.43 bits per heavy atom. The molecule has 0 saturated heterocycles. The second-order valence-corrected chi connectivity index (χ2v) is 4.15. The number of methoxy groups -OCH3 is 1. The standard InChI is InChI=1S/C9H13NO3S/c1-9(10,5-11)6-3-4-14-7(6)8(12)13-2/h3-4,11H,5,10H2,1-2H3. The van der Waals surface area contributed by atoms with E-state index in [2.05, 4.69) is 4.74 Å². The Labute approximate surface area is 86.3 Å². The summed E-state index contributed by atoms with van der Waals surface area (Å²) >= 11 is 1.26. The Morgan fingerprint density at radius 3 is 2.93 bits per heavy atom. The molecule has 0 saturated carbocycles. The summed E-state index contributed by atoms with van der Waals surface area (Å²) < 4.78 is 4.61. The van der Waals surface area contributed by atoms with Gasteiger partial charge in [0.15, 0.2) is 0 Å². The van der Waals surface area contributed by atoms with E-state index in [1.54, 1.807) is 18.4 Å². The van der Waals surface area contributed by atoms with Crippen molar-refractivity contribution in [3.63, 3.8) is 0 Å². The van der Waals surface area contributed by atoms with Gasteiger partial charge in [-0.1, -0.05) is 0 Å². The van der Waals surface area contributed by atoms with Crippen molar-refractivity contribution in [3.05, 3.63) is 21.9 Å². The number of esters is 1. The number of hydrogen-bond acceptors (Lipinski definition) is 5. The normalized spacial score (nSPS) is 14.9. The number of ether oxygens (including phenoxy) is 1. The Kier molecular flexibility index (Phi) is 3.25. The van der Waals surface area contributed by atoms with Crippen molar-refractivity contribution in [1.29, 1.82) is 0 Å². The van der Waals surface area contributed by atoms with Crippen LogP contribution in [0.2, 0.25) is 0 Å². The number of aliphatic hydroxyl groups excluding tert-OH is 1. The summed E-state index contributed by atoms with van der Waals surface area (Å²) in [5.74, 6) is -0.417. The van der Waals surface area contributed by atoms with Gasteiger partial charge in [-0.05, 0) is 23.9 Å². The van der Waals surface area contributed by atoms with Gasteiger partial charge in [0.2, 0.25) is 0 Å². The predicted octanol–water partition coefficient (Wildman–Crippen LogP) is 0.701. The Morgan fingerprint density at radius 1 is 1.79 bits per heavy atom. The largest absolute Gasteiger partial charge is 0.465 e. The number of carbonyl (C=O) groups is 1. The van der Waals surface area contributed by atoms with E-state index in [1.807, 2.05) is 0 Å². The molecule has 4 nitrogen and oxygen atoms in total. The van der Waals surface area contributed by atoms with Crippen LogP contribution in [0.3, 0.4) is 0 Å². The third kappa shape index (κ3) is 1.95. The molecule has 0 fully saturated rings. The zero-order valence-corrected chi connectivity index (χ0v) is 8.93. The second-order valence-electron chi connectivity index (χ2n) is 3.23. The molecule has 1 rings (SSSR count). The van der Waals surface area contributed by atoms with E-state index >= 15 is 0 Å². The van der Waals surface area contributed by atoms with E-state index in [0.29, 0.717) is 10.4 Å². The third-order valence-electron chi connectivity index (χ3n) is 1.98.